The van der Waals surface area contributed by atoms with Crippen LogP contribution in [0.5, 0.6) is 5.75 Å². The number of halogens is 3. The fraction of sp³-hybridized carbons (Fsp3) is 0.226. The summed E-state index contributed by atoms with van der Waals surface area (Å²) >= 11 is 0. The minimum atomic E-state index is -4.82. The van der Waals surface area contributed by atoms with Gasteiger partial charge in [-0.2, -0.15) is 0 Å². The highest BCUT2D eigenvalue weighted by Crippen LogP contribution is 2.39. The van der Waals surface area contributed by atoms with Crippen molar-refractivity contribution in [2.75, 3.05) is 20.4 Å². The number of alkyl halides is 3. The summed E-state index contributed by atoms with van der Waals surface area (Å²) in [6, 6.07) is 17.7. The monoisotopic (exact) mass is 610 g/mol. The minimum Gasteiger partial charge on any atom is -0.439 e. The maximum atomic E-state index is 12.8. The van der Waals surface area contributed by atoms with E-state index < -0.39 is 16.2 Å². The lowest BCUT2D eigenvalue weighted by atomic mass is 9.98. The molecule has 0 saturated carbocycles. The van der Waals surface area contributed by atoms with Crippen LogP contribution in [0.1, 0.15) is 17.4 Å². The number of aryl methyl sites for hydroxylation is 2. The molecule has 5 rings (SSSR count). The molecule has 224 valence electrons. The zero-order chi connectivity index (χ0) is 31.1. The van der Waals surface area contributed by atoms with Crippen LogP contribution in [-0.2, 0) is 16.4 Å². The third-order valence-corrected chi connectivity index (χ3v) is 7.69. The molecule has 0 aliphatic carbocycles. The number of benzene rings is 3. The van der Waals surface area contributed by atoms with Crippen molar-refractivity contribution in [1.82, 2.24) is 19.4 Å². The SMILES string of the molecule is Cc1cn(-c2ccc(-c3cccc(S(C)(=O)=O)c3)cc2-c2nc(CN(C)C)oc2-c2ccc(OC(F)(F)F)cc2)c(C)n1. The number of hydrogen-bond acceptors (Lipinski definition) is 7. The van der Waals surface area contributed by atoms with Crippen molar-refractivity contribution in [2.45, 2.75) is 31.7 Å². The summed E-state index contributed by atoms with van der Waals surface area (Å²) in [4.78, 5) is 11.5. The molecule has 0 bridgehead atoms. The molecule has 0 atom stereocenters. The highest BCUT2D eigenvalue weighted by atomic mass is 32.2. The van der Waals surface area contributed by atoms with Gasteiger partial charge in [0.1, 0.15) is 17.3 Å². The highest BCUT2D eigenvalue weighted by molar-refractivity contribution is 7.90. The number of sulfone groups is 1. The van der Waals surface area contributed by atoms with Gasteiger partial charge in [-0.05, 0) is 87.6 Å². The third-order valence-electron chi connectivity index (χ3n) is 6.58. The number of imidazole rings is 1. The fourth-order valence-electron chi connectivity index (χ4n) is 4.77. The molecular weight excluding hydrogens is 581 g/mol. The molecule has 0 amide bonds. The Morgan fingerprint density at radius 3 is 2.21 bits per heavy atom. The van der Waals surface area contributed by atoms with Crippen LogP contribution in [0.2, 0.25) is 0 Å². The fourth-order valence-corrected chi connectivity index (χ4v) is 5.44. The van der Waals surface area contributed by atoms with Crippen molar-refractivity contribution >= 4 is 9.84 Å². The van der Waals surface area contributed by atoms with Crippen LogP contribution in [-0.4, -0.2) is 54.6 Å². The average molecular weight is 611 g/mol. The predicted octanol–water partition coefficient (Wildman–Crippen LogP) is 6.84. The largest absolute Gasteiger partial charge is 0.573 e. The molecule has 0 saturated heterocycles. The van der Waals surface area contributed by atoms with Gasteiger partial charge in [0.15, 0.2) is 15.6 Å². The van der Waals surface area contributed by atoms with E-state index in [2.05, 4.69) is 9.72 Å². The number of aromatic nitrogens is 3. The second-order valence-electron chi connectivity index (χ2n) is 10.4. The second-order valence-corrected chi connectivity index (χ2v) is 12.4. The molecule has 0 aliphatic rings. The first-order valence-corrected chi connectivity index (χ1v) is 15.1. The second kappa shape index (κ2) is 11.3. The molecule has 3 aromatic carbocycles. The Morgan fingerprint density at radius 2 is 1.60 bits per heavy atom. The van der Waals surface area contributed by atoms with Crippen molar-refractivity contribution in [3.8, 4) is 45.1 Å². The van der Waals surface area contributed by atoms with Gasteiger partial charge in [-0.3, -0.25) is 0 Å². The van der Waals surface area contributed by atoms with E-state index in [1.165, 1.54) is 24.3 Å². The van der Waals surface area contributed by atoms with Gasteiger partial charge < -0.3 is 18.6 Å². The number of ether oxygens (including phenoxy) is 1. The topological polar surface area (TPSA) is 90.5 Å². The number of rotatable bonds is 8. The number of nitrogens with zero attached hydrogens (tertiary/aromatic N) is 4. The van der Waals surface area contributed by atoms with Crippen LogP contribution in [0.3, 0.4) is 0 Å². The first-order valence-electron chi connectivity index (χ1n) is 13.2. The molecule has 0 aliphatic heterocycles. The van der Waals surface area contributed by atoms with Crippen LogP contribution in [0.4, 0.5) is 13.2 Å². The molecule has 0 radical (unpaired) electrons. The Kier molecular flexibility index (Phi) is 7.93. The van der Waals surface area contributed by atoms with Crippen molar-refractivity contribution in [3.63, 3.8) is 0 Å². The normalized spacial score (nSPS) is 12.2. The Hall–Kier alpha value is -4.42. The number of oxazole rings is 1. The van der Waals surface area contributed by atoms with Gasteiger partial charge >= 0.3 is 6.36 Å². The Balaban J connectivity index is 1.73. The van der Waals surface area contributed by atoms with E-state index in [-0.39, 0.29) is 10.6 Å². The average Bonchev–Trinajstić information content (AvgIpc) is 3.49. The first kappa shape index (κ1) is 30.1. The zero-order valence-electron chi connectivity index (χ0n) is 24.1. The molecule has 0 fully saturated rings. The molecule has 2 aromatic heterocycles. The van der Waals surface area contributed by atoms with Gasteiger partial charge in [0, 0.05) is 23.6 Å². The minimum absolute atomic E-state index is 0.188. The highest BCUT2D eigenvalue weighted by Gasteiger charge is 2.31. The standard InChI is InChI=1S/C31H29F3N4O4S/c1-19-17-38(20(2)35-19)27-14-11-23(22-7-6-8-25(15-22)43(5,39)40)16-26(27)29-30(41-28(36-29)18-37(3)4)21-9-12-24(13-10-21)42-31(32,33)34/h6-17H,18H2,1-5H3. The maximum Gasteiger partial charge on any atom is 0.573 e. The first-order chi connectivity index (χ1) is 20.2. The lowest BCUT2D eigenvalue weighted by Gasteiger charge is -2.14. The van der Waals surface area contributed by atoms with E-state index in [0.717, 1.165) is 29.0 Å². The smallest absolute Gasteiger partial charge is 0.439 e. The Labute approximate surface area is 247 Å². The van der Waals surface area contributed by atoms with Gasteiger partial charge in [0.25, 0.3) is 0 Å². The Bertz CT molecular complexity index is 1890. The molecule has 0 spiro atoms. The van der Waals surface area contributed by atoms with Crippen molar-refractivity contribution in [2.24, 2.45) is 0 Å². The molecule has 0 unspecified atom stereocenters. The van der Waals surface area contributed by atoms with Crippen LogP contribution in [0, 0.1) is 13.8 Å². The van der Waals surface area contributed by atoms with Crippen molar-refractivity contribution < 1.29 is 30.7 Å². The van der Waals surface area contributed by atoms with Gasteiger partial charge in [-0.1, -0.05) is 18.2 Å². The van der Waals surface area contributed by atoms with Crippen LogP contribution in [0.15, 0.2) is 82.2 Å². The molecule has 12 heteroatoms. The predicted molar refractivity (Wildman–Crippen MR) is 157 cm³/mol. The van der Waals surface area contributed by atoms with Gasteiger partial charge in [-0.25, -0.2) is 18.4 Å². The quantitative estimate of drug-likeness (QED) is 0.190. The van der Waals surface area contributed by atoms with Gasteiger partial charge in [-0.15, -0.1) is 13.2 Å². The molecule has 2 heterocycles. The summed E-state index contributed by atoms with van der Waals surface area (Å²) < 4.78 is 75.1. The molecular formula is C31H29F3N4O4S. The van der Waals surface area contributed by atoms with Crippen molar-refractivity contribution in [3.05, 3.63) is 90.3 Å². The van der Waals surface area contributed by atoms with Crippen LogP contribution >= 0.6 is 0 Å². The van der Waals surface area contributed by atoms with Gasteiger partial charge in [0.2, 0.25) is 5.89 Å². The molecule has 0 N–H and O–H groups in total. The number of hydrogen-bond donors (Lipinski definition) is 0. The van der Waals surface area contributed by atoms with E-state index in [1.54, 1.807) is 18.2 Å². The zero-order valence-corrected chi connectivity index (χ0v) is 24.9. The van der Waals surface area contributed by atoms with E-state index in [0.29, 0.717) is 40.6 Å². The Morgan fingerprint density at radius 1 is 0.930 bits per heavy atom. The summed E-state index contributed by atoms with van der Waals surface area (Å²) in [5.74, 6) is 1.13. The van der Waals surface area contributed by atoms with Crippen LogP contribution < -0.4 is 4.74 Å². The molecule has 8 nitrogen and oxygen atoms in total. The van der Waals surface area contributed by atoms with E-state index in [1.807, 2.05) is 67.9 Å². The van der Waals surface area contributed by atoms with E-state index in [9.17, 15) is 21.6 Å². The van der Waals surface area contributed by atoms with Gasteiger partial charge in [0.05, 0.1) is 22.8 Å². The summed E-state index contributed by atoms with van der Waals surface area (Å²) in [5.41, 5.74) is 4.57. The summed E-state index contributed by atoms with van der Waals surface area (Å²) in [7, 11) is 0.292. The molecule has 43 heavy (non-hydrogen) atoms. The van der Waals surface area contributed by atoms with E-state index in [4.69, 9.17) is 9.40 Å². The maximum absolute atomic E-state index is 12.8. The van der Waals surface area contributed by atoms with Crippen LogP contribution in [0.25, 0.3) is 39.4 Å². The summed E-state index contributed by atoms with van der Waals surface area (Å²) in [6.45, 7) is 4.13. The van der Waals surface area contributed by atoms with Crippen molar-refractivity contribution in [1.29, 1.82) is 0 Å². The lowest BCUT2D eigenvalue weighted by molar-refractivity contribution is -0.274. The summed E-state index contributed by atoms with van der Waals surface area (Å²) in [6.07, 6.45) is -1.77. The lowest BCUT2D eigenvalue weighted by Crippen LogP contribution is -2.16. The van der Waals surface area contributed by atoms with E-state index >= 15 is 0 Å². The summed E-state index contributed by atoms with van der Waals surface area (Å²) in [5, 5.41) is 0. The molecule has 5 aromatic rings. The third kappa shape index (κ3) is 6.81.